The molecule has 0 amide bonds. The van der Waals surface area contributed by atoms with Gasteiger partial charge in [0.15, 0.2) is 0 Å². The highest BCUT2D eigenvalue weighted by Gasteiger charge is 1.96. The van der Waals surface area contributed by atoms with Crippen LogP contribution in [-0.4, -0.2) is 22.5 Å². The lowest BCUT2D eigenvalue weighted by atomic mass is 10.7. The first kappa shape index (κ1) is 7.14. The van der Waals surface area contributed by atoms with Gasteiger partial charge in [0, 0.05) is 6.21 Å². The van der Waals surface area contributed by atoms with Crippen LogP contribution in [0.3, 0.4) is 0 Å². The quantitative estimate of drug-likeness (QED) is 0.322. The zero-order valence-corrected chi connectivity index (χ0v) is 5.95. The summed E-state index contributed by atoms with van der Waals surface area (Å²) in [6, 6.07) is 0. The summed E-state index contributed by atoms with van der Waals surface area (Å²) < 4.78 is 0. The third-order valence-corrected chi connectivity index (χ3v) is 2.29. The van der Waals surface area contributed by atoms with Crippen LogP contribution in [0.15, 0.2) is 16.5 Å². The van der Waals surface area contributed by atoms with Gasteiger partial charge in [-0.15, -0.1) is 0 Å². The molecule has 0 saturated heterocycles. The van der Waals surface area contributed by atoms with Gasteiger partial charge in [-0.1, -0.05) is 10.5 Å². The maximum absolute atomic E-state index is 9.94. The zero-order chi connectivity index (χ0) is 7.40. The molecule has 0 N–H and O–H groups in total. The lowest BCUT2D eigenvalue weighted by Crippen LogP contribution is -1.94. The van der Waals surface area contributed by atoms with E-state index in [9.17, 15) is 10.1 Å². The monoisotopic (exact) mass is 158 g/mol. The van der Waals surface area contributed by atoms with Crippen molar-refractivity contribution in [3.63, 3.8) is 0 Å². The fourth-order valence-corrected chi connectivity index (χ4v) is 1.52. The minimum atomic E-state index is -0.422. The second-order valence-electron chi connectivity index (χ2n) is 1.65. The number of rotatable bonds is 1. The van der Waals surface area contributed by atoms with E-state index in [1.54, 1.807) is 17.7 Å². The molecule has 1 heterocycles. The number of hydrogen-bond acceptors (Lipinski definition) is 3. The number of nitrogens with zero attached hydrogens (tertiary/aromatic N) is 2. The maximum atomic E-state index is 9.94. The molecule has 0 aliphatic carbocycles. The van der Waals surface area contributed by atoms with Crippen molar-refractivity contribution in [3.05, 3.63) is 21.6 Å². The summed E-state index contributed by atoms with van der Waals surface area (Å²) >= 11 is 0. The van der Waals surface area contributed by atoms with Crippen LogP contribution >= 0.6 is 10.5 Å². The van der Waals surface area contributed by atoms with Crippen molar-refractivity contribution >= 4 is 22.2 Å². The Morgan fingerprint density at radius 1 is 1.80 bits per heavy atom. The van der Waals surface area contributed by atoms with E-state index in [1.165, 1.54) is 0 Å². The van der Waals surface area contributed by atoms with Crippen molar-refractivity contribution in [1.29, 1.82) is 0 Å². The van der Waals surface area contributed by atoms with E-state index in [4.69, 9.17) is 0 Å². The van der Waals surface area contributed by atoms with Crippen molar-refractivity contribution in [2.24, 2.45) is 4.99 Å². The minimum Gasteiger partial charge on any atom is -0.282 e. The Kier molecular flexibility index (Phi) is 2.33. The van der Waals surface area contributed by atoms with Crippen LogP contribution in [0.1, 0.15) is 0 Å². The van der Waals surface area contributed by atoms with Gasteiger partial charge in [-0.2, -0.15) is 0 Å². The lowest BCUT2D eigenvalue weighted by molar-refractivity contribution is -0.334. The Morgan fingerprint density at radius 2 is 2.60 bits per heavy atom. The first-order chi connectivity index (χ1) is 4.79. The molecule has 1 unspecified atom stereocenters. The van der Waals surface area contributed by atoms with Crippen molar-refractivity contribution in [2.45, 2.75) is 0 Å². The van der Waals surface area contributed by atoms with Gasteiger partial charge >= 0.3 is 0 Å². The predicted molar refractivity (Wildman–Crippen MR) is 43.1 cm³/mol. The predicted octanol–water partition coefficient (Wildman–Crippen LogP) is 0.847. The van der Waals surface area contributed by atoms with E-state index in [0.29, 0.717) is 5.88 Å². The molecular weight excluding hydrogens is 152 g/mol. The molecule has 1 aliphatic rings. The molecule has 0 fully saturated rings. The van der Waals surface area contributed by atoms with Crippen LogP contribution < -0.4 is 0 Å². The van der Waals surface area contributed by atoms with Crippen molar-refractivity contribution < 1.29 is 4.92 Å². The molecule has 0 aromatic rings. The van der Waals surface area contributed by atoms with E-state index in [-0.39, 0.29) is 10.5 Å². The summed E-state index contributed by atoms with van der Waals surface area (Å²) in [6.45, 7) is 0. The first-order valence-corrected chi connectivity index (χ1v) is 4.14. The standard InChI is InChI=1S/C5H6N2O2S/c8-7(9)5-10-3-1-2-6-4-10/h1-3,5H,4H2. The highest BCUT2D eigenvalue weighted by Crippen LogP contribution is 2.15. The molecule has 0 spiro atoms. The Morgan fingerprint density at radius 3 is 3.10 bits per heavy atom. The average Bonchev–Trinajstić information content (AvgIpc) is 1.88. The van der Waals surface area contributed by atoms with Crippen LogP contribution in [0.4, 0.5) is 0 Å². The van der Waals surface area contributed by atoms with Gasteiger partial charge in [0.05, 0.1) is 10.8 Å². The normalized spacial score (nSPS) is 23.4. The van der Waals surface area contributed by atoms with Gasteiger partial charge in [-0.3, -0.25) is 15.1 Å². The molecule has 1 rings (SSSR count). The molecule has 0 saturated carbocycles. The van der Waals surface area contributed by atoms with E-state index in [2.05, 4.69) is 4.99 Å². The van der Waals surface area contributed by atoms with E-state index in [0.717, 1.165) is 5.49 Å². The molecule has 5 heteroatoms. The molecule has 0 aromatic heterocycles. The average molecular weight is 158 g/mol. The van der Waals surface area contributed by atoms with Gasteiger partial charge in [-0.05, 0) is 11.5 Å². The van der Waals surface area contributed by atoms with Crippen molar-refractivity contribution in [1.82, 2.24) is 0 Å². The molecule has 4 nitrogen and oxygen atoms in total. The van der Waals surface area contributed by atoms with Crippen LogP contribution in [-0.2, 0) is 0 Å². The third-order valence-electron chi connectivity index (χ3n) is 0.890. The van der Waals surface area contributed by atoms with Gasteiger partial charge in [-0.25, -0.2) is 0 Å². The molecule has 54 valence electrons. The van der Waals surface area contributed by atoms with Crippen LogP contribution in [0.25, 0.3) is 0 Å². The fourth-order valence-electron chi connectivity index (χ4n) is 0.548. The van der Waals surface area contributed by atoms with Gasteiger partial charge in [0.25, 0.3) is 5.49 Å². The SMILES string of the molecule is O=[N+]([O-])C=S1C=CC=NC1. The van der Waals surface area contributed by atoms with E-state index >= 15 is 0 Å². The number of allylic oxidation sites excluding steroid dienone is 1. The highest BCUT2D eigenvalue weighted by molar-refractivity contribution is 8.17. The Hall–Kier alpha value is -0.970. The molecule has 0 aromatic carbocycles. The molecule has 1 atom stereocenters. The zero-order valence-electron chi connectivity index (χ0n) is 5.14. The summed E-state index contributed by atoms with van der Waals surface area (Å²) in [5, 5.41) is 11.7. The summed E-state index contributed by atoms with van der Waals surface area (Å²) in [5.41, 5.74) is 1.08. The van der Waals surface area contributed by atoms with Crippen LogP contribution in [0.2, 0.25) is 0 Å². The van der Waals surface area contributed by atoms with Crippen LogP contribution in [0.5, 0.6) is 0 Å². The third kappa shape index (κ3) is 2.10. The molecule has 1 aliphatic heterocycles. The second-order valence-corrected chi connectivity index (χ2v) is 3.33. The summed E-state index contributed by atoms with van der Waals surface area (Å²) in [6.07, 6.45) is 3.38. The topological polar surface area (TPSA) is 55.5 Å². The van der Waals surface area contributed by atoms with Crippen molar-refractivity contribution in [3.8, 4) is 0 Å². The Balaban J connectivity index is 2.67. The largest absolute Gasteiger partial charge is 0.282 e. The first-order valence-electron chi connectivity index (χ1n) is 2.62. The Labute approximate surface area is 60.3 Å². The van der Waals surface area contributed by atoms with Gasteiger partial charge in [0.1, 0.15) is 0 Å². The fraction of sp³-hybridized carbons (Fsp3) is 0.200. The second kappa shape index (κ2) is 3.26. The smallest absolute Gasteiger partial charge is 0.264 e. The summed E-state index contributed by atoms with van der Waals surface area (Å²) in [7, 11) is -0.377. The molecule has 0 radical (unpaired) electrons. The number of aliphatic imine (C=N–C) groups is 1. The number of hydrogen-bond donors (Lipinski definition) is 0. The highest BCUT2D eigenvalue weighted by atomic mass is 32.2. The molecule has 0 bridgehead atoms. The van der Waals surface area contributed by atoms with Crippen molar-refractivity contribution in [2.75, 3.05) is 5.88 Å². The Bertz CT molecular complexity index is 232. The molecular formula is C5H6N2O2S. The van der Waals surface area contributed by atoms with Gasteiger partial charge in [0.2, 0.25) is 0 Å². The number of nitro groups is 1. The van der Waals surface area contributed by atoms with E-state index < -0.39 is 4.92 Å². The summed E-state index contributed by atoms with van der Waals surface area (Å²) in [5.74, 6) is 0.525. The van der Waals surface area contributed by atoms with Gasteiger partial charge < -0.3 is 0 Å². The lowest BCUT2D eigenvalue weighted by Gasteiger charge is -1.97. The molecule has 10 heavy (non-hydrogen) atoms. The minimum absolute atomic E-state index is 0.377. The maximum Gasteiger partial charge on any atom is 0.264 e. The summed E-state index contributed by atoms with van der Waals surface area (Å²) in [4.78, 5) is 13.4. The van der Waals surface area contributed by atoms with Crippen LogP contribution in [0, 0.1) is 10.1 Å². The van der Waals surface area contributed by atoms with E-state index in [1.807, 2.05) is 0 Å².